The van der Waals surface area contributed by atoms with Crippen molar-refractivity contribution in [2.24, 2.45) is 0 Å². The van der Waals surface area contributed by atoms with Crippen molar-refractivity contribution < 1.29 is 0 Å². The molecule has 0 radical (unpaired) electrons. The van der Waals surface area contributed by atoms with E-state index in [1.165, 1.54) is 17.0 Å². The van der Waals surface area contributed by atoms with Gasteiger partial charge in [-0.2, -0.15) is 0 Å². The van der Waals surface area contributed by atoms with Crippen LogP contribution in [0.3, 0.4) is 0 Å². The molecule has 0 unspecified atom stereocenters. The van der Waals surface area contributed by atoms with Gasteiger partial charge in [-0.25, -0.2) is 4.98 Å². The normalized spacial score (nSPS) is 15.8. The number of H-pyrrole nitrogens is 1. The average molecular weight is 227 g/mol. The van der Waals surface area contributed by atoms with Crippen molar-refractivity contribution in [1.82, 2.24) is 14.9 Å². The van der Waals surface area contributed by atoms with Gasteiger partial charge in [-0.15, -0.1) is 0 Å². The standard InChI is InChI=1S/C14H17N3/c1-2-4-12(5-3-1)6-8-17-9-7-13-14(10-17)16-11-15-13/h1-5,11H,6-10H2,(H,15,16). The van der Waals surface area contributed by atoms with Crippen LogP contribution in [0.4, 0.5) is 0 Å². The largest absolute Gasteiger partial charge is 0.347 e. The molecule has 3 nitrogen and oxygen atoms in total. The molecular weight excluding hydrogens is 210 g/mol. The summed E-state index contributed by atoms with van der Waals surface area (Å²) in [6, 6.07) is 10.7. The molecule has 1 aliphatic heterocycles. The zero-order chi connectivity index (χ0) is 11.5. The van der Waals surface area contributed by atoms with Crippen molar-refractivity contribution in [1.29, 1.82) is 0 Å². The second kappa shape index (κ2) is 4.72. The first-order valence-corrected chi connectivity index (χ1v) is 6.19. The van der Waals surface area contributed by atoms with Crippen LogP contribution in [0.2, 0.25) is 0 Å². The molecule has 0 fully saturated rings. The lowest BCUT2D eigenvalue weighted by atomic mass is 10.1. The Morgan fingerprint density at radius 2 is 2.12 bits per heavy atom. The van der Waals surface area contributed by atoms with E-state index in [2.05, 4.69) is 45.2 Å². The van der Waals surface area contributed by atoms with Crippen LogP contribution in [0.5, 0.6) is 0 Å². The molecule has 3 rings (SSSR count). The van der Waals surface area contributed by atoms with Gasteiger partial charge in [0.05, 0.1) is 17.7 Å². The van der Waals surface area contributed by atoms with Gasteiger partial charge in [-0.1, -0.05) is 30.3 Å². The summed E-state index contributed by atoms with van der Waals surface area (Å²) in [5, 5.41) is 0. The van der Waals surface area contributed by atoms with Gasteiger partial charge in [0.15, 0.2) is 0 Å². The lowest BCUT2D eigenvalue weighted by Crippen LogP contribution is -2.32. The van der Waals surface area contributed by atoms with E-state index in [0.717, 1.165) is 32.5 Å². The average Bonchev–Trinajstić information content (AvgIpc) is 2.85. The van der Waals surface area contributed by atoms with E-state index in [9.17, 15) is 0 Å². The molecule has 0 saturated heterocycles. The number of aromatic nitrogens is 2. The highest BCUT2D eigenvalue weighted by atomic mass is 15.1. The number of nitrogens with one attached hydrogen (secondary N) is 1. The molecule has 0 amide bonds. The zero-order valence-electron chi connectivity index (χ0n) is 9.89. The van der Waals surface area contributed by atoms with Crippen molar-refractivity contribution in [3.8, 4) is 0 Å². The third kappa shape index (κ3) is 2.39. The van der Waals surface area contributed by atoms with Gasteiger partial charge in [-0.3, -0.25) is 4.90 Å². The van der Waals surface area contributed by atoms with Crippen LogP contribution >= 0.6 is 0 Å². The fraction of sp³-hybridized carbons (Fsp3) is 0.357. The summed E-state index contributed by atoms with van der Waals surface area (Å²) >= 11 is 0. The van der Waals surface area contributed by atoms with Crippen LogP contribution in [0, 0.1) is 0 Å². The molecule has 2 aromatic rings. The monoisotopic (exact) mass is 227 g/mol. The van der Waals surface area contributed by atoms with Crippen molar-refractivity contribution in [3.63, 3.8) is 0 Å². The van der Waals surface area contributed by atoms with Crippen molar-refractivity contribution in [3.05, 3.63) is 53.6 Å². The first-order valence-electron chi connectivity index (χ1n) is 6.19. The Labute approximate surface area is 101 Å². The maximum atomic E-state index is 4.33. The Morgan fingerprint density at radius 3 is 3.00 bits per heavy atom. The number of fused-ring (bicyclic) bond motifs is 1. The second-order valence-corrected chi connectivity index (χ2v) is 4.59. The molecule has 3 heteroatoms. The highest BCUT2D eigenvalue weighted by molar-refractivity contribution is 5.16. The minimum Gasteiger partial charge on any atom is -0.347 e. The molecule has 0 atom stereocenters. The van der Waals surface area contributed by atoms with E-state index >= 15 is 0 Å². The molecule has 1 aromatic carbocycles. The number of hydrogen-bond acceptors (Lipinski definition) is 2. The third-order valence-electron chi connectivity index (χ3n) is 3.41. The summed E-state index contributed by atoms with van der Waals surface area (Å²) in [6.45, 7) is 3.27. The van der Waals surface area contributed by atoms with E-state index in [-0.39, 0.29) is 0 Å². The van der Waals surface area contributed by atoms with E-state index in [1.807, 2.05) is 6.33 Å². The Hall–Kier alpha value is -1.61. The van der Waals surface area contributed by atoms with Crippen molar-refractivity contribution in [2.45, 2.75) is 19.4 Å². The van der Waals surface area contributed by atoms with Crippen LogP contribution in [0.25, 0.3) is 0 Å². The lowest BCUT2D eigenvalue weighted by molar-refractivity contribution is 0.253. The molecule has 2 heterocycles. The molecule has 0 bridgehead atoms. The topological polar surface area (TPSA) is 31.9 Å². The van der Waals surface area contributed by atoms with Gasteiger partial charge in [0.2, 0.25) is 0 Å². The van der Waals surface area contributed by atoms with Crippen LogP contribution in [-0.4, -0.2) is 28.0 Å². The van der Waals surface area contributed by atoms with Crippen LogP contribution in [0.1, 0.15) is 17.0 Å². The third-order valence-corrected chi connectivity index (χ3v) is 3.41. The SMILES string of the molecule is c1ccc(CCN2CCc3nc[nH]c3C2)cc1. The predicted octanol–water partition coefficient (Wildman–Crippen LogP) is 2.01. The maximum absolute atomic E-state index is 4.33. The number of aromatic amines is 1. The van der Waals surface area contributed by atoms with Gasteiger partial charge >= 0.3 is 0 Å². The summed E-state index contributed by atoms with van der Waals surface area (Å²) in [5.41, 5.74) is 3.97. The minimum absolute atomic E-state index is 1.02. The Balaban J connectivity index is 1.58. The second-order valence-electron chi connectivity index (χ2n) is 4.59. The number of benzene rings is 1. The molecule has 1 aliphatic rings. The highest BCUT2D eigenvalue weighted by Crippen LogP contribution is 2.15. The molecular formula is C14H17N3. The van der Waals surface area contributed by atoms with E-state index in [0.29, 0.717) is 0 Å². The predicted molar refractivity (Wildman–Crippen MR) is 67.7 cm³/mol. The summed E-state index contributed by atoms with van der Waals surface area (Å²) in [7, 11) is 0. The fourth-order valence-corrected chi connectivity index (χ4v) is 2.39. The van der Waals surface area contributed by atoms with Gasteiger partial charge in [-0.05, 0) is 12.0 Å². The Bertz CT molecular complexity index is 475. The Kier molecular flexibility index (Phi) is 2.92. The number of rotatable bonds is 3. The quantitative estimate of drug-likeness (QED) is 0.870. The first-order chi connectivity index (χ1) is 8.42. The molecule has 1 aromatic heterocycles. The summed E-state index contributed by atoms with van der Waals surface area (Å²) in [6.07, 6.45) is 4.02. The highest BCUT2D eigenvalue weighted by Gasteiger charge is 2.17. The van der Waals surface area contributed by atoms with E-state index in [4.69, 9.17) is 0 Å². The zero-order valence-corrected chi connectivity index (χ0v) is 9.89. The molecule has 88 valence electrons. The molecule has 0 saturated carbocycles. The van der Waals surface area contributed by atoms with Crippen molar-refractivity contribution >= 4 is 0 Å². The first kappa shape index (κ1) is 10.5. The Morgan fingerprint density at radius 1 is 1.24 bits per heavy atom. The lowest BCUT2D eigenvalue weighted by Gasteiger charge is -2.25. The molecule has 17 heavy (non-hydrogen) atoms. The maximum Gasteiger partial charge on any atom is 0.0925 e. The van der Waals surface area contributed by atoms with E-state index < -0.39 is 0 Å². The summed E-state index contributed by atoms with van der Waals surface area (Å²) in [4.78, 5) is 10.1. The molecule has 1 N–H and O–H groups in total. The van der Waals surface area contributed by atoms with Crippen LogP contribution in [0.15, 0.2) is 36.7 Å². The van der Waals surface area contributed by atoms with E-state index in [1.54, 1.807) is 0 Å². The number of nitrogens with zero attached hydrogens (tertiary/aromatic N) is 2. The molecule has 0 aliphatic carbocycles. The fourth-order valence-electron chi connectivity index (χ4n) is 2.39. The molecule has 0 spiro atoms. The number of hydrogen-bond donors (Lipinski definition) is 1. The smallest absolute Gasteiger partial charge is 0.0925 e. The van der Waals surface area contributed by atoms with Crippen LogP contribution in [-0.2, 0) is 19.4 Å². The van der Waals surface area contributed by atoms with Crippen LogP contribution < -0.4 is 0 Å². The van der Waals surface area contributed by atoms with Crippen molar-refractivity contribution in [2.75, 3.05) is 13.1 Å². The summed E-state index contributed by atoms with van der Waals surface area (Å²) < 4.78 is 0. The van der Waals surface area contributed by atoms with Gasteiger partial charge in [0, 0.05) is 26.1 Å². The minimum atomic E-state index is 1.02. The number of imidazole rings is 1. The summed E-state index contributed by atoms with van der Waals surface area (Å²) in [5.74, 6) is 0. The van der Waals surface area contributed by atoms with Gasteiger partial charge < -0.3 is 4.98 Å². The van der Waals surface area contributed by atoms with Gasteiger partial charge in [0.1, 0.15) is 0 Å². The van der Waals surface area contributed by atoms with Gasteiger partial charge in [0.25, 0.3) is 0 Å².